The molecule has 9 N–H and O–H groups in total. The van der Waals surface area contributed by atoms with Gasteiger partial charge in [-0.25, -0.2) is 29.5 Å². The molecule has 584 valence electrons. The summed E-state index contributed by atoms with van der Waals surface area (Å²) in [5, 5.41) is 76.3. The molecule has 0 atom stereocenters. The standard InChI is InChI=1S/C32H28N6O4.C32H28N6O3.C25H22N6O3/c1-19-27(33-2)31(34-16-15-20-9-5-4-6-10-20)36-32(35-17-18-42-3)28(19)38-37-23-13-7-11-21-25(23)29(40)22-12-8-14-24(39)26(22)30(21)41;1-4-17-34-31-27(33-3)19(2)28(32(36-31)35-18-16-20-10-6-5-7-11-20)38-37-23-14-8-12-21-25(23)29(40)22-13-9-15-24(39)26(22)30(21)41;1-5-12-28-25-21(13(2)20(26-3)24(27-4)29-25)31-30-16-10-6-8-14-18(16)22(33)15-9-7-11-17(32)19(15)23(14)34/h4-14,39H,15-18H2,1,3H3,(H2,34,35,36);5-15,39H,4,16-18H2,1-2H3,(H2,34,35,36);6-11,32H,5,12H2,1-2,4H3,(H2,27,28,29). The Morgan fingerprint density at radius 1 is 0.350 bits per heavy atom. The number of ether oxygens (including phenoxy) is 1. The zero-order chi connectivity index (χ0) is 83.0. The maximum atomic E-state index is 13.5. The van der Waals surface area contributed by atoms with Crippen molar-refractivity contribution in [1.82, 2.24) is 15.0 Å². The van der Waals surface area contributed by atoms with Gasteiger partial charge in [-0.3, -0.25) is 28.8 Å². The first-order valence-corrected chi connectivity index (χ1v) is 37.4. The first-order valence-electron chi connectivity index (χ1n) is 37.4. The number of nitrogens with one attached hydrogen (secondary N) is 6. The maximum absolute atomic E-state index is 13.5. The summed E-state index contributed by atoms with van der Waals surface area (Å²) in [6, 6.07) is 47.5. The average Bonchev–Trinajstić information content (AvgIpc) is 0.753. The van der Waals surface area contributed by atoms with Crippen molar-refractivity contribution in [3.63, 3.8) is 0 Å². The lowest BCUT2D eigenvalue weighted by molar-refractivity contribution is 0.0977. The van der Waals surface area contributed by atoms with E-state index >= 15 is 0 Å². The molecule has 3 aliphatic carbocycles. The number of aromatic hydroxyl groups is 3. The van der Waals surface area contributed by atoms with Crippen molar-refractivity contribution in [2.75, 3.05) is 85.4 Å². The van der Waals surface area contributed by atoms with Crippen LogP contribution in [0.25, 0.3) is 14.5 Å². The van der Waals surface area contributed by atoms with Crippen LogP contribution in [-0.2, 0) is 17.6 Å². The van der Waals surface area contributed by atoms with Gasteiger partial charge >= 0.3 is 0 Å². The molecule has 0 amide bonds. The highest BCUT2D eigenvalue weighted by Crippen LogP contribution is 2.47. The summed E-state index contributed by atoms with van der Waals surface area (Å²) in [6.45, 7) is 35.8. The van der Waals surface area contributed by atoms with E-state index in [1.807, 2.05) is 74.5 Å². The van der Waals surface area contributed by atoms with Gasteiger partial charge in [0.2, 0.25) is 17.1 Å². The van der Waals surface area contributed by atoms with Gasteiger partial charge in [0, 0.05) is 80.3 Å². The summed E-state index contributed by atoms with van der Waals surface area (Å²) in [7, 11) is 3.28. The Labute approximate surface area is 673 Å². The highest BCUT2D eigenvalue weighted by Gasteiger charge is 2.37. The summed E-state index contributed by atoms with van der Waals surface area (Å²) in [6.07, 6.45) is 3.21. The number of aromatic nitrogens is 3. The molecule has 0 radical (unpaired) electrons. The number of carbonyl (C=O) groups excluding carboxylic acids is 6. The van der Waals surface area contributed by atoms with Crippen LogP contribution in [0.15, 0.2) is 201 Å². The van der Waals surface area contributed by atoms with E-state index in [9.17, 15) is 44.1 Å². The number of rotatable bonds is 25. The maximum Gasteiger partial charge on any atom is 0.233 e. The molecule has 11 aromatic rings. The molecular formula is C89H78N18O10. The average molecular weight is 1560 g/mol. The topological polar surface area (TPSA) is 370 Å². The molecule has 3 aromatic heterocycles. The van der Waals surface area contributed by atoms with Crippen LogP contribution in [0.1, 0.15) is 150 Å². The van der Waals surface area contributed by atoms with Crippen LogP contribution in [0.2, 0.25) is 0 Å². The van der Waals surface area contributed by atoms with E-state index in [4.69, 9.17) is 29.4 Å². The van der Waals surface area contributed by atoms with Crippen molar-refractivity contribution in [2.24, 2.45) is 30.7 Å². The Kier molecular flexibility index (Phi) is 25.6. The summed E-state index contributed by atoms with van der Waals surface area (Å²) >= 11 is 0. The number of benzene rings is 8. The smallest absolute Gasteiger partial charge is 0.233 e. The van der Waals surface area contributed by atoms with Gasteiger partial charge < -0.3 is 52.0 Å². The molecule has 117 heavy (non-hydrogen) atoms. The van der Waals surface area contributed by atoms with Crippen molar-refractivity contribution in [2.45, 2.75) is 60.3 Å². The van der Waals surface area contributed by atoms with Crippen molar-refractivity contribution in [1.29, 1.82) is 0 Å². The molecule has 3 aliphatic rings. The molecule has 0 saturated carbocycles. The molecule has 14 rings (SSSR count). The van der Waals surface area contributed by atoms with Gasteiger partial charge in [-0.2, -0.15) is 0 Å². The molecule has 28 heteroatoms. The van der Waals surface area contributed by atoms with Crippen LogP contribution in [0, 0.1) is 40.5 Å². The third kappa shape index (κ3) is 16.9. The fourth-order valence-corrected chi connectivity index (χ4v) is 13.5. The lowest BCUT2D eigenvalue weighted by Crippen LogP contribution is -2.21. The van der Waals surface area contributed by atoms with E-state index in [1.54, 1.807) is 77.4 Å². The Balaban J connectivity index is 0.000000163. The van der Waals surface area contributed by atoms with Crippen molar-refractivity contribution >= 4 is 121 Å². The number of phenols is 3. The predicted octanol–water partition coefficient (Wildman–Crippen LogP) is 19.6. The van der Waals surface area contributed by atoms with Gasteiger partial charge in [0.1, 0.15) is 51.8 Å². The van der Waals surface area contributed by atoms with Gasteiger partial charge in [0.05, 0.1) is 76.8 Å². The number of fused-ring (bicyclic) bond motifs is 6. The third-order valence-corrected chi connectivity index (χ3v) is 19.4. The van der Waals surface area contributed by atoms with Crippen LogP contribution in [0.4, 0.5) is 86.1 Å². The molecule has 0 saturated heterocycles. The molecule has 0 unspecified atom stereocenters. The van der Waals surface area contributed by atoms with E-state index in [2.05, 4.69) is 87.1 Å². The SMILES string of the molecule is [C-]#[N+]c1c(NC)nc(NCCC)c(N=Nc2cccc3c2C(=O)c2cccc(O)c2C3=O)c1C.[C-]#[N+]c1c(NCCC)nc(NCCc2ccccc2)c(N=Nc2cccc3c2C(=O)c2cccc(O)c2C3=O)c1C.[C-]#[N+]c1c(NCCc2ccccc2)nc(NCCOC)c(N=Nc2cccc3c2C(=O)c2cccc(O)c2C3=O)c1C. The fourth-order valence-electron chi connectivity index (χ4n) is 13.5. The van der Waals surface area contributed by atoms with Gasteiger partial charge in [0.15, 0.2) is 52.2 Å². The Morgan fingerprint density at radius 3 is 0.957 bits per heavy atom. The number of azo groups is 3. The molecule has 0 spiro atoms. The molecule has 0 bridgehead atoms. The Hall–Kier alpha value is -15.3. The number of nitrogens with zero attached hydrogens (tertiary/aromatic N) is 12. The van der Waals surface area contributed by atoms with Gasteiger partial charge in [0.25, 0.3) is 0 Å². The van der Waals surface area contributed by atoms with E-state index < -0.39 is 34.7 Å². The second-order valence-electron chi connectivity index (χ2n) is 26.8. The molecule has 8 aromatic carbocycles. The van der Waals surface area contributed by atoms with Crippen LogP contribution < -0.4 is 31.9 Å². The van der Waals surface area contributed by atoms with E-state index in [0.29, 0.717) is 125 Å². The lowest BCUT2D eigenvalue weighted by atomic mass is 9.83. The third-order valence-electron chi connectivity index (χ3n) is 19.4. The van der Waals surface area contributed by atoms with Crippen molar-refractivity contribution in [3.8, 4) is 17.2 Å². The molecule has 0 aliphatic heterocycles. The van der Waals surface area contributed by atoms with Crippen LogP contribution in [0.5, 0.6) is 17.2 Å². The first-order chi connectivity index (χ1) is 56.8. The highest BCUT2D eigenvalue weighted by molar-refractivity contribution is 6.33. The van der Waals surface area contributed by atoms with Gasteiger partial charge in [-0.05, 0) is 111 Å². The minimum atomic E-state index is -0.462. The number of carbonyl (C=O) groups is 6. The second-order valence-corrected chi connectivity index (χ2v) is 26.8. The van der Waals surface area contributed by atoms with Crippen LogP contribution in [-0.4, -0.2) is 118 Å². The summed E-state index contributed by atoms with van der Waals surface area (Å²) in [5.74, 6) is -0.727. The van der Waals surface area contributed by atoms with Crippen molar-refractivity contribution in [3.05, 3.63) is 299 Å². The monoisotopic (exact) mass is 1560 g/mol. The molecule has 3 heterocycles. The Morgan fingerprint density at radius 2 is 0.632 bits per heavy atom. The Bertz CT molecular complexity index is 6020. The van der Waals surface area contributed by atoms with Crippen molar-refractivity contribution < 1.29 is 48.8 Å². The van der Waals surface area contributed by atoms with E-state index in [0.717, 1.165) is 36.8 Å². The summed E-state index contributed by atoms with van der Waals surface area (Å²) < 4.78 is 5.18. The number of phenolic OH excluding ortho intramolecular Hbond substituents is 3. The molecule has 0 fully saturated rings. The molecular weight excluding hydrogens is 1480 g/mol. The minimum absolute atomic E-state index is 0.00969. The highest BCUT2D eigenvalue weighted by atomic mass is 16.5. The minimum Gasteiger partial charge on any atom is -0.507 e. The predicted molar refractivity (Wildman–Crippen MR) is 447 cm³/mol. The zero-order valence-corrected chi connectivity index (χ0v) is 64.8. The lowest BCUT2D eigenvalue weighted by Gasteiger charge is -2.19. The fraction of sp³-hybridized carbons (Fsp3) is 0.191. The first kappa shape index (κ1) is 81.2. The number of hydrogen-bond donors (Lipinski definition) is 9. The molecule has 28 nitrogen and oxygen atoms in total. The second kappa shape index (κ2) is 36.9. The van der Waals surface area contributed by atoms with E-state index in [-0.39, 0.29) is 101 Å². The largest absolute Gasteiger partial charge is 0.507 e. The number of pyridine rings is 3. The summed E-state index contributed by atoms with van der Waals surface area (Å²) in [4.78, 5) is 104. The number of methoxy groups -OCH3 is 1. The quantitative estimate of drug-likeness (QED) is 0.0146. The van der Waals surface area contributed by atoms with E-state index in [1.165, 1.54) is 66.7 Å². The number of hydrogen-bond acceptors (Lipinski definition) is 25. The van der Waals surface area contributed by atoms with Gasteiger partial charge in [-0.1, -0.05) is 147 Å². The summed E-state index contributed by atoms with van der Waals surface area (Å²) in [5.41, 5.74) is 7.80. The van der Waals surface area contributed by atoms with Crippen LogP contribution in [0.3, 0.4) is 0 Å². The number of ketones is 6. The van der Waals surface area contributed by atoms with Gasteiger partial charge in [-0.15, -0.1) is 30.7 Å². The zero-order valence-electron chi connectivity index (χ0n) is 64.8. The van der Waals surface area contributed by atoms with Crippen LogP contribution >= 0.6 is 0 Å². The normalized spacial score (nSPS) is 12.2. The number of anilines is 6.